The van der Waals surface area contributed by atoms with Gasteiger partial charge in [-0.15, -0.1) is 0 Å². The van der Waals surface area contributed by atoms with Gasteiger partial charge in [0.1, 0.15) is 5.75 Å². The molecule has 1 amide bonds. The van der Waals surface area contributed by atoms with Gasteiger partial charge in [-0.05, 0) is 55.7 Å². The third-order valence-corrected chi connectivity index (χ3v) is 7.38. The number of benzene rings is 2. The summed E-state index contributed by atoms with van der Waals surface area (Å²) in [7, 11) is 0. The SMILES string of the molecule is Cc1ccc2sc(N(CCCN3CCOCC3)C(=O)COc3ccc(Cl)cc3Cl)nc2c1C. The third kappa shape index (κ3) is 5.97. The Bertz CT molecular complexity index is 1130. The molecule has 0 unspecified atom stereocenters. The highest BCUT2D eigenvalue weighted by Crippen LogP contribution is 2.32. The number of ether oxygens (including phenoxy) is 2. The fourth-order valence-corrected chi connectivity index (χ4v) is 5.28. The predicted molar refractivity (Wildman–Crippen MR) is 135 cm³/mol. The number of aromatic nitrogens is 1. The lowest BCUT2D eigenvalue weighted by atomic mass is 10.1. The summed E-state index contributed by atoms with van der Waals surface area (Å²) in [6.07, 6.45) is 0.835. The van der Waals surface area contributed by atoms with E-state index in [1.165, 1.54) is 16.9 Å². The molecule has 0 N–H and O–H groups in total. The number of thiazole rings is 1. The summed E-state index contributed by atoms with van der Waals surface area (Å²) in [5.74, 6) is 0.273. The van der Waals surface area contributed by atoms with E-state index in [4.69, 9.17) is 37.7 Å². The standard InChI is InChI=1S/C24H27Cl2N3O3S/c1-16-4-7-21-23(17(16)2)27-24(33-21)29(9-3-8-28-10-12-31-13-11-28)22(30)15-32-20-6-5-18(25)14-19(20)26/h4-7,14H,3,8-13,15H2,1-2H3. The van der Waals surface area contributed by atoms with Gasteiger partial charge < -0.3 is 9.47 Å². The van der Waals surface area contributed by atoms with E-state index >= 15 is 0 Å². The largest absolute Gasteiger partial charge is 0.482 e. The van der Waals surface area contributed by atoms with E-state index in [0.717, 1.165) is 55.0 Å². The van der Waals surface area contributed by atoms with E-state index in [0.29, 0.717) is 27.5 Å². The number of aryl methyl sites for hydroxylation is 2. The molecule has 3 aromatic rings. The maximum Gasteiger partial charge on any atom is 0.266 e. The molecule has 0 spiro atoms. The van der Waals surface area contributed by atoms with Gasteiger partial charge in [0.15, 0.2) is 11.7 Å². The highest BCUT2D eigenvalue weighted by atomic mass is 35.5. The maximum atomic E-state index is 13.3. The minimum absolute atomic E-state index is 0.132. The Hall–Kier alpha value is -1.90. The summed E-state index contributed by atoms with van der Waals surface area (Å²) in [6, 6.07) is 9.12. The van der Waals surface area contributed by atoms with Crippen LogP contribution in [-0.2, 0) is 9.53 Å². The number of fused-ring (bicyclic) bond motifs is 1. The molecule has 0 atom stereocenters. The van der Waals surface area contributed by atoms with Crippen molar-refractivity contribution in [2.24, 2.45) is 0 Å². The van der Waals surface area contributed by atoms with Gasteiger partial charge in [-0.1, -0.05) is 40.6 Å². The van der Waals surface area contributed by atoms with Crippen molar-refractivity contribution in [3.8, 4) is 5.75 Å². The minimum atomic E-state index is -0.156. The molecular formula is C24H27Cl2N3O3S. The van der Waals surface area contributed by atoms with Gasteiger partial charge in [-0.2, -0.15) is 0 Å². The number of carbonyl (C=O) groups excluding carboxylic acids is 1. The Morgan fingerprint density at radius 2 is 2.00 bits per heavy atom. The first-order valence-electron chi connectivity index (χ1n) is 11.0. The lowest BCUT2D eigenvalue weighted by Gasteiger charge is -2.27. The number of hydrogen-bond acceptors (Lipinski definition) is 6. The first kappa shape index (κ1) is 24.2. The van der Waals surface area contributed by atoms with E-state index in [9.17, 15) is 4.79 Å². The molecule has 2 aromatic carbocycles. The summed E-state index contributed by atoms with van der Waals surface area (Å²) in [6.45, 7) is 8.83. The zero-order valence-corrected chi connectivity index (χ0v) is 21.1. The van der Waals surface area contributed by atoms with Crippen LogP contribution in [0.4, 0.5) is 5.13 Å². The van der Waals surface area contributed by atoms with Crippen molar-refractivity contribution in [2.45, 2.75) is 20.3 Å². The quantitative estimate of drug-likeness (QED) is 0.411. The second-order valence-electron chi connectivity index (χ2n) is 8.07. The van der Waals surface area contributed by atoms with E-state index in [1.807, 2.05) is 0 Å². The summed E-state index contributed by atoms with van der Waals surface area (Å²) in [5.41, 5.74) is 3.27. The number of anilines is 1. The van der Waals surface area contributed by atoms with E-state index in [2.05, 4.69) is 30.9 Å². The van der Waals surface area contributed by atoms with Crippen molar-refractivity contribution in [1.82, 2.24) is 9.88 Å². The van der Waals surface area contributed by atoms with Gasteiger partial charge >= 0.3 is 0 Å². The molecule has 6 nitrogen and oxygen atoms in total. The summed E-state index contributed by atoms with van der Waals surface area (Å²) >= 11 is 13.7. The average Bonchev–Trinajstić information content (AvgIpc) is 3.24. The fraction of sp³-hybridized carbons (Fsp3) is 0.417. The number of morpholine rings is 1. The normalized spacial score (nSPS) is 14.5. The van der Waals surface area contributed by atoms with Gasteiger partial charge in [-0.3, -0.25) is 14.6 Å². The Morgan fingerprint density at radius 3 is 2.76 bits per heavy atom. The number of nitrogens with zero attached hydrogens (tertiary/aromatic N) is 3. The summed E-state index contributed by atoms with van der Waals surface area (Å²) < 4.78 is 12.2. The predicted octanol–water partition coefficient (Wildman–Crippen LogP) is 5.35. The van der Waals surface area contributed by atoms with Gasteiger partial charge in [0.25, 0.3) is 5.91 Å². The van der Waals surface area contributed by atoms with Crippen LogP contribution in [0.2, 0.25) is 10.0 Å². The van der Waals surface area contributed by atoms with Crippen molar-refractivity contribution < 1.29 is 14.3 Å². The molecule has 1 saturated heterocycles. The monoisotopic (exact) mass is 507 g/mol. The Morgan fingerprint density at radius 1 is 1.21 bits per heavy atom. The molecule has 1 aliphatic rings. The molecule has 0 aliphatic carbocycles. The van der Waals surface area contributed by atoms with Crippen LogP contribution in [0, 0.1) is 13.8 Å². The molecule has 2 heterocycles. The van der Waals surface area contributed by atoms with Crippen LogP contribution in [-0.4, -0.2) is 61.8 Å². The zero-order chi connectivity index (χ0) is 23.4. The minimum Gasteiger partial charge on any atom is -0.482 e. The molecule has 0 bridgehead atoms. The van der Waals surface area contributed by atoms with E-state index in [1.54, 1.807) is 23.1 Å². The highest BCUT2D eigenvalue weighted by Gasteiger charge is 2.22. The summed E-state index contributed by atoms with van der Waals surface area (Å²) in [4.78, 5) is 22.2. The number of carbonyl (C=O) groups is 1. The maximum absolute atomic E-state index is 13.3. The van der Waals surface area contributed by atoms with Crippen molar-refractivity contribution in [3.63, 3.8) is 0 Å². The number of hydrogen-bond donors (Lipinski definition) is 0. The number of halogens is 2. The lowest BCUT2D eigenvalue weighted by Crippen LogP contribution is -2.40. The van der Waals surface area contributed by atoms with Crippen LogP contribution >= 0.6 is 34.5 Å². The molecule has 33 heavy (non-hydrogen) atoms. The first-order chi connectivity index (χ1) is 15.9. The second-order valence-corrected chi connectivity index (χ2v) is 9.92. The topological polar surface area (TPSA) is 54.9 Å². The second kappa shape index (κ2) is 11.0. The zero-order valence-electron chi connectivity index (χ0n) is 18.8. The molecule has 4 rings (SSSR count). The van der Waals surface area contributed by atoms with Crippen LogP contribution < -0.4 is 9.64 Å². The fourth-order valence-electron chi connectivity index (χ4n) is 3.74. The van der Waals surface area contributed by atoms with Gasteiger partial charge in [0.05, 0.1) is 28.5 Å². The van der Waals surface area contributed by atoms with Crippen LogP contribution in [0.1, 0.15) is 17.5 Å². The highest BCUT2D eigenvalue weighted by molar-refractivity contribution is 7.22. The molecule has 1 aromatic heterocycles. The smallest absolute Gasteiger partial charge is 0.266 e. The molecule has 176 valence electrons. The van der Waals surface area contributed by atoms with E-state index in [-0.39, 0.29) is 12.5 Å². The first-order valence-corrected chi connectivity index (χ1v) is 12.5. The van der Waals surface area contributed by atoms with Crippen LogP contribution in [0.3, 0.4) is 0 Å². The van der Waals surface area contributed by atoms with Crippen molar-refractivity contribution in [3.05, 3.63) is 51.5 Å². The van der Waals surface area contributed by atoms with Crippen molar-refractivity contribution in [2.75, 3.05) is 50.9 Å². The number of amides is 1. The van der Waals surface area contributed by atoms with Crippen LogP contribution in [0.5, 0.6) is 5.75 Å². The molecular weight excluding hydrogens is 481 g/mol. The Kier molecular flexibility index (Phi) is 8.09. The average molecular weight is 508 g/mol. The third-order valence-electron chi connectivity index (χ3n) is 5.81. The van der Waals surface area contributed by atoms with Crippen molar-refractivity contribution >= 4 is 55.8 Å². The van der Waals surface area contributed by atoms with Crippen LogP contribution in [0.15, 0.2) is 30.3 Å². The number of rotatable bonds is 8. The van der Waals surface area contributed by atoms with Crippen molar-refractivity contribution in [1.29, 1.82) is 0 Å². The lowest BCUT2D eigenvalue weighted by molar-refractivity contribution is -0.120. The Balaban J connectivity index is 1.51. The molecule has 9 heteroatoms. The van der Waals surface area contributed by atoms with Gasteiger partial charge in [0.2, 0.25) is 0 Å². The molecule has 1 fully saturated rings. The molecule has 0 radical (unpaired) electrons. The Labute approximate surface area is 208 Å². The van der Waals surface area contributed by atoms with Crippen LogP contribution in [0.25, 0.3) is 10.2 Å². The molecule has 1 aliphatic heterocycles. The molecule has 0 saturated carbocycles. The van der Waals surface area contributed by atoms with Gasteiger partial charge in [0, 0.05) is 31.2 Å². The van der Waals surface area contributed by atoms with E-state index < -0.39 is 0 Å². The summed E-state index contributed by atoms with van der Waals surface area (Å²) in [5, 5.41) is 1.58. The van der Waals surface area contributed by atoms with Gasteiger partial charge in [-0.25, -0.2) is 4.98 Å².